The molecular weight excluding hydrogens is 424 g/mol. The molecule has 4 heteroatoms. The summed E-state index contributed by atoms with van der Waals surface area (Å²) in [5, 5.41) is 0. The Morgan fingerprint density at radius 3 is 1.62 bits per heavy atom. The van der Waals surface area contributed by atoms with E-state index in [1.54, 1.807) is 6.07 Å². The predicted molar refractivity (Wildman–Crippen MR) is 142 cm³/mol. The summed E-state index contributed by atoms with van der Waals surface area (Å²) >= 11 is 0. The highest BCUT2D eigenvalue weighted by molar-refractivity contribution is 5.76. The standard InChI is InChI=1S/C30H50O4/c1-4-7-10-13-14-15-16-17-21-26-22-20-23-27(33-28(31)24-18-11-8-5-2)30(26)34-29(32)25-19-12-9-6-3/h20,22-23H,4-19,21,24-25H2,1-3H3. The molecule has 0 heterocycles. The van der Waals surface area contributed by atoms with E-state index in [0.29, 0.717) is 24.3 Å². The second-order valence-corrected chi connectivity index (χ2v) is 9.54. The molecule has 0 saturated carbocycles. The molecular formula is C30H50O4. The van der Waals surface area contributed by atoms with Gasteiger partial charge < -0.3 is 9.47 Å². The van der Waals surface area contributed by atoms with Gasteiger partial charge in [-0.3, -0.25) is 9.59 Å². The fourth-order valence-corrected chi connectivity index (χ4v) is 4.13. The van der Waals surface area contributed by atoms with Gasteiger partial charge in [-0.25, -0.2) is 0 Å². The summed E-state index contributed by atoms with van der Waals surface area (Å²) in [7, 11) is 0. The van der Waals surface area contributed by atoms with Crippen molar-refractivity contribution in [2.24, 2.45) is 0 Å². The van der Waals surface area contributed by atoms with Crippen LogP contribution in [0.3, 0.4) is 0 Å². The zero-order valence-corrected chi connectivity index (χ0v) is 22.3. The molecule has 0 radical (unpaired) electrons. The Morgan fingerprint density at radius 1 is 0.588 bits per heavy atom. The molecule has 1 rings (SSSR count). The maximum absolute atomic E-state index is 12.5. The molecule has 0 saturated heterocycles. The molecule has 0 aromatic heterocycles. The maximum Gasteiger partial charge on any atom is 0.311 e. The first-order chi connectivity index (χ1) is 16.6. The lowest BCUT2D eigenvalue weighted by atomic mass is 10.0. The van der Waals surface area contributed by atoms with Crippen molar-refractivity contribution in [1.82, 2.24) is 0 Å². The number of hydrogen-bond acceptors (Lipinski definition) is 4. The highest BCUT2D eigenvalue weighted by atomic mass is 16.6. The second-order valence-electron chi connectivity index (χ2n) is 9.54. The number of esters is 2. The van der Waals surface area contributed by atoms with E-state index in [1.165, 1.54) is 38.5 Å². The third-order valence-electron chi connectivity index (χ3n) is 6.27. The lowest BCUT2D eigenvalue weighted by Gasteiger charge is -2.15. The largest absolute Gasteiger partial charge is 0.423 e. The van der Waals surface area contributed by atoms with Gasteiger partial charge in [0, 0.05) is 12.8 Å². The summed E-state index contributed by atoms with van der Waals surface area (Å²) < 4.78 is 11.5. The molecule has 0 bridgehead atoms. The van der Waals surface area contributed by atoms with Crippen LogP contribution in [0.15, 0.2) is 18.2 Å². The van der Waals surface area contributed by atoms with Crippen LogP contribution in [0, 0.1) is 0 Å². The molecule has 34 heavy (non-hydrogen) atoms. The average molecular weight is 475 g/mol. The fourth-order valence-electron chi connectivity index (χ4n) is 4.13. The SMILES string of the molecule is CCCCCCCCCCc1cccc(OC(=O)CCCCCC)c1OC(=O)CCCCCC. The summed E-state index contributed by atoms with van der Waals surface area (Å²) in [5.41, 5.74) is 0.962. The van der Waals surface area contributed by atoms with Crippen LogP contribution >= 0.6 is 0 Å². The van der Waals surface area contributed by atoms with Crippen molar-refractivity contribution in [1.29, 1.82) is 0 Å². The van der Waals surface area contributed by atoms with Crippen LogP contribution in [-0.4, -0.2) is 11.9 Å². The Labute approximate surface area is 209 Å². The van der Waals surface area contributed by atoms with E-state index in [1.807, 2.05) is 12.1 Å². The molecule has 4 nitrogen and oxygen atoms in total. The molecule has 0 atom stereocenters. The Balaban J connectivity index is 2.71. The first-order valence-corrected chi connectivity index (χ1v) is 14.2. The Hall–Kier alpha value is -1.84. The van der Waals surface area contributed by atoms with Crippen molar-refractivity contribution in [2.45, 2.75) is 143 Å². The Bertz CT molecular complexity index is 668. The predicted octanol–water partition coefficient (Wildman–Crippen LogP) is 9.12. The van der Waals surface area contributed by atoms with Gasteiger partial charge in [0.1, 0.15) is 0 Å². The topological polar surface area (TPSA) is 52.6 Å². The van der Waals surface area contributed by atoms with Crippen molar-refractivity contribution in [3.63, 3.8) is 0 Å². The van der Waals surface area contributed by atoms with Crippen molar-refractivity contribution in [3.8, 4) is 11.5 Å². The molecule has 0 amide bonds. The van der Waals surface area contributed by atoms with Crippen molar-refractivity contribution >= 4 is 11.9 Å². The molecule has 0 N–H and O–H groups in total. The number of para-hydroxylation sites is 1. The Kier molecular flexibility index (Phi) is 18.2. The summed E-state index contributed by atoms with van der Waals surface area (Å²) in [6, 6.07) is 5.65. The van der Waals surface area contributed by atoms with E-state index in [2.05, 4.69) is 20.8 Å². The number of hydrogen-bond donors (Lipinski definition) is 0. The van der Waals surface area contributed by atoms with Gasteiger partial charge in [0.15, 0.2) is 11.5 Å². The van der Waals surface area contributed by atoms with Crippen LogP contribution in [0.4, 0.5) is 0 Å². The third kappa shape index (κ3) is 14.4. The molecule has 1 aromatic carbocycles. The lowest BCUT2D eigenvalue weighted by Crippen LogP contribution is -2.13. The molecule has 1 aromatic rings. The molecule has 194 valence electrons. The van der Waals surface area contributed by atoms with Crippen molar-refractivity contribution in [3.05, 3.63) is 23.8 Å². The van der Waals surface area contributed by atoms with Gasteiger partial charge in [-0.15, -0.1) is 0 Å². The minimum atomic E-state index is -0.249. The van der Waals surface area contributed by atoms with E-state index < -0.39 is 0 Å². The van der Waals surface area contributed by atoms with Gasteiger partial charge in [-0.1, -0.05) is 116 Å². The van der Waals surface area contributed by atoms with E-state index in [9.17, 15) is 9.59 Å². The number of benzene rings is 1. The smallest absolute Gasteiger partial charge is 0.311 e. The molecule has 0 aliphatic carbocycles. The summed E-state index contributed by atoms with van der Waals surface area (Å²) in [6.45, 7) is 6.55. The molecule has 0 fully saturated rings. The zero-order chi connectivity index (χ0) is 24.9. The van der Waals surface area contributed by atoms with Gasteiger partial charge in [0.25, 0.3) is 0 Å². The molecule has 0 aliphatic rings. The normalized spacial score (nSPS) is 10.9. The minimum absolute atomic E-state index is 0.236. The van der Waals surface area contributed by atoms with E-state index in [4.69, 9.17) is 9.47 Å². The quantitative estimate of drug-likeness (QED) is 0.101. The Morgan fingerprint density at radius 2 is 1.06 bits per heavy atom. The number of carbonyl (C=O) groups excluding carboxylic acids is 2. The van der Waals surface area contributed by atoms with Gasteiger partial charge in [0.05, 0.1) is 0 Å². The number of ether oxygens (including phenoxy) is 2. The fraction of sp³-hybridized carbons (Fsp3) is 0.733. The van der Waals surface area contributed by atoms with Crippen LogP contribution < -0.4 is 9.47 Å². The van der Waals surface area contributed by atoms with Gasteiger partial charge in [-0.05, 0) is 37.3 Å². The second kappa shape index (κ2) is 20.5. The molecule has 0 spiro atoms. The zero-order valence-electron chi connectivity index (χ0n) is 22.3. The van der Waals surface area contributed by atoms with E-state index >= 15 is 0 Å². The third-order valence-corrected chi connectivity index (χ3v) is 6.27. The van der Waals surface area contributed by atoms with Crippen molar-refractivity contribution in [2.75, 3.05) is 0 Å². The van der Waals surface area contributed by atoms with Gasteiger partial charge in [-0.2, -0.15) is 0 Å². The lowest BCUT2D eigenvalue weighted by molar-refractivity contribution is -0.137. The average Bonchev–Trinajstić information content (AvgIpc) is 2.83. The number of aryl methyl sites for hydroxylation is 1. The summed E-state index contributed by atoms with van der Waals surface area (Å²) in [6.07, 6.45) is 19.9. The van der Waals surface area contributed by atoms with Gasteiger partial charge >= 0.3 is 11.9 Å². The number of carbonyl (C=O) groups is 2. The number of unbranched alkanes of at least 4 members (excludes halogenated alkanes) is 13. The van der Waals surface area contributed by atoms with Crippen LogP contribution in [0.5, 0.6) is 11.5 Å². The summed E-state index contributed by atoms with van der Waals surface area (Å²) in [5.74, 6) is 0.354. The maximum atomic E-state index is 12.5. The van der Waals surface area contributed by atoms with Crippen LogP contribution in [-0.2, 0) is 16.0 Å². The monoisotopic (exact) mass is 474 g/mol. The highest BCUT2D eigenvalue weighted by Crippen LogP contribution is 2.33. The van der Waals surface area contributed by atoms with Crippen LogP contribution in [0.2, 0.25) is 0 Å². The summed E-state index contributed by atoms with van der Waals surface area (Å²) in [4.78, 5) is 25.0. The van der Waals surface area contributed by atoms with Crippen LogP contribution in [0.1, 0.15) is 142 Å². The minimum Gasteiger partial charge on any atom is -0.423 e. The highest BCUT2D eigenvalue weighted by Gasteiger charge is 2.17. The van der Waals surface area contributed by atoms with Crippen LogP contribution in [0.25, 0.3) is 0 Å². The number of rotatable bonds is 21. The van der Waals surface area contributed by atoms with Gasteiger partial charge in [0.2, 0.25) is 0 Å². The van der Waals surface area contributed by atoms with E-state index in [0.717, 1.165) is 76.2 Å². The molecule has 0 unspecified atom stereocenters. The first-order valence-electron chi connectivity index (χ1n) is 14.2. The van der Waals surface area contributed by atoms with Crippen molar-refractivity contribution < 1.29 is 19.1 Å². The first kappa shape index (κ1) is 30.2. The van der Waals surface area contributed by atoms with E-state index in [-0.39, 0.29) is 11.9 Å². The molecule has 0 aliphatic heterocycles.